The van der Waals surface area contributed by atoms with E-state index in [1.54, 1.807) is 4.90 Å². The molecule has 0 unspecified atom stereocenters. The third-order valence-corrected chi connectivity index (χ3v) is 5.09. The number of carbonyl (C=O) groups is 1. The molecule has 1 amide bonds. The van der Waals surface area contributed by atoms with Gasteiger partial charge in [0.2, 0.25) is 5.91 Å². The van der Waals surface area contributed by atoms with Crippen LogP contribution in [0.5, 0.6) is 0 Å². The van der Waals surface area contributed by atoms with Gasteiger partial charge in [-0.1, -0.05) is 17.2 Å². The van der Waals surface area contributed by atoms with Gasteiger partial charge in [0.25, 0.3) is 0 Å². The smallest absolute Gasteiger partial charge is 0.227 e. The van der Waals surface area contributed by atoms with Gasteiger partial charge < -0.3 is 4.90 Å². The van der Waals surface area contributed by atoms with E-state index in [0.717, 1.165) is 15.9 Å². The van der Waals surface area contributed by atoms with E-state index in [0.29, 0.717) is 31.0 Å². The number of aromatic nitrogens is 4. The van der Waals surface area contributed by atoms with Crippen LogP contribution >= 0.6 is 15.9 Å². The first-order valence-corrected chi connectivity index (χ1v) is 8.40. The van der Waals surface area contributed by atoms with Crippen molar-refractivity contribution in [2.75, 3.05) is 6.54 Å². The second kappa shape index (κ2) is 7.25. The fourth-order valence-electron chi connectivity index (χ4n) is 2.42. The van der Waals surface area contributed by atoms with Gasteiger partial charge in [0, 0.05) is 12.2 Å². The molecule has 0 radical (unpaired) electrons. The van der Waals surface area contributed by atoms with Gasteiger partial charge in [0.1, 0.15) is 11.4 Å². The molecule has 0 spiro atoms. The van der Waals surface area contributed by atoms with Crippen molar-refractivity contribution in [3.05, 3.63) is 27.2 Å². The molecule has 2 rings (SSSR count). The molecule has 0 N–H and O–H groups in total. The van der Waals surface area contributed by atoms with E-state index in [1.807, 2.05) is 39.3 Å². The zero-order valence-electron chi connectivity index (χ0n) is 14.1. The highest BCUT2D eigenvalue weighted by Crippen LogP contribution is 2.21. The van der Waals surface area contributed by atoms with Crippen molar-refractivity contribution in [1.29, 1.82) is 0 Å². The molecule has 0 aliphatic heterocycles. The number of halogens is 1. The van der Waals surface area contributed by atoms with Crippen LogP contribution in [0.2, 0.25) is 0 Å². The average molecular weight is 384 g/mol. The fraction of sp³-hybridized carbons (Fsp3) is 0.600. The lowest BCUT2D eigenvalue weighted by molar-refractivity contribution is -0.136. The highest BCUT2D eigenvalue weighted by atomic mass is 79.9. The molecule has 0 saturated carbocycles. The van der Waals surface area contributed by atoms with E-state index in [4.69, 9.17) is 4.63 Å². The third kappa shape index (κ3) is 3.80. The summed E-state index contributed by atoms with van der Waals surface area (Å²) in [5.74, 6) is -0.112. The van der Waals surface area contributed by atoms with Crippen molar-refractivity contribution in [2.24, 2.45) is 5.92 Å². The molecular formula is C15H22BrN5O2. The molecule has 0 aliphatic rings. The summed E-state index contributed by atoms with van der Waals surface area (Å²) >= 11 is 3.51. The SMILES string of the molecule is CCN(Cc1nonc1C)C(=O)[C@@H](C)Cn1nc(C)c(Br)c1C. The monoisotopic (exact) mass is 383 g/mol. The van der Waals surface area contributed by atoms with Gasteiger partial charge in [-0.2, -0.15) is 5.10 Å². The molecular weight excluding hydrogens is 362 g/mol. The quantitative estimate of drug-likeness (QED) is 0.765. The lowest BCUT2D eigenvalue weighted by Gasteiger charge is -2.24. The molecule has 0 aliphatic carbocycles. The van der Waals surface area contributed by atoms with Crippen molar-refractivity contribution in [3.63, 3.8) is 0 Å². The Kier molecular flexibility index (Phi) is 5.56. The average Bonchev–Trinajstić information content (AvgIpc) is 3.03. The van der Waals surface area contributed by atoms with E-state index in [2.05, 4.69) is 31.3 Å². The molecule has 0 fully saturated rings. The molecule has 8 heteroatoms. The number of amides is 1. The largest absolute Gasteiger partial charge is 0.337 e. The van der Waals surface area contributed by atoms with Crippen LogP contribution in [0.4, 0.5) is 0 Å². The molecule has 0 bridgehead atoms. The fourth-order valence-corrected chi connectivity index (χ4v) is 2.71. The molecule has 0 aromatic carbocycles. The Balaban J connectivity index is 2.07. The van der Waals surface area contributed by atoms with E-state index >= 15 is 0 Å². The maximum Gasteiger partial charge on any atom is 0.227 e. The number of rotatable bonds is 6. The summed E-state index contributed by atoms with van der Waals surface area (Å²) < 4.78 is 7.57. The molecule has 1 atom stereocenters. The predicted octanol–water partition coefficient (Wildman–Crippen LogP) is 2.64. The minimum absolute atomic E-state index is 0.0681. The highest BCUT2D eigenvalue weighted by molar-refractivity contribution is 9.10. The highest BCUT2D eigenvalue weighted by Gasteiger charge is 2.23. The number of carbonyl (C=O) groups excluding carboxylic acids is 1. The molecule has 2 aromatic heterocycles. The van der Waals surface area contributed by atoms with Crippen LogP contribution in [0.3, 0.4) is 0 Å². The van der Waals surface area contributed by atoms with Crippen LogP contribution in [-0.4, -0.2) is 37.4 Å². The lowest BCUT2D eigenvalue weighted by atomic mass is 10.1. The molecule has 2 heterocycles. The first-order valence-electron chi connectivity index (χ1n) is 7.61. The summed E-state index contributed by atoms with van der Waals surface area (Å²) in [4.78, 5) is 14.5. The van der Waals surface area contributed by atoms with Crippen molar-refractivity contribution in [2.45, 2.75) is 47.7 Å². The van der Waals surface area contributed by atoms with E-state index in [9.17, 15) is 4.79 Å². The van der Waals surface area contributed by atoms with Crippen LogP contribution in [-0.2, 0) is 17.9 Å². The van der Waals surface area contributed by atoms with Gasteiger partial charge in [0.05, 0.1) is 29.2 Å². The van der Waals surface area contributed by atoms with Gasteiger partial charge in [0.15, 0.2) is 0 Å². The van der Waals surface area contributed by atoms with Crippen LogP contribution in [0, 0.1) is 26.7 Å². The lowest BCUT2D eigenvalue weighted by Crippen LogP contribution is -2.36. The van der Waals surface area contributed by atoms with Gasteiger partial charge in [-0.15, -0.1) is 0 Å². The molecule has 7 nitrogen and oxygen atoms in total. The second-order valence-corrected chi connectivity index (χ2v) is 6.51. The number of hydrogen-bond donors (Lipinski definition) is 0. The van der Waals surface area contributed by atoms with Crippen LogP contribution < -0.4 is 0 Å². The summed E-state index contributed by atoms with van der Waals surface area (Å²) in [7, 11) is 0. The van der Waals surface area contributed by atoms with Crippen molar-refractivity contribution >= 4 is 21.8 Å². The van der Waals surface area contributed by atoms with Gasteiger partial charge in [-0.3, -0.25) is 9.48 Å². The van der Waals surface area contributed by atoms with Gasteiger partial charge in [-0.25, -0.2) is 4.63 Å². The Morgan fingerprint density at radius 3 is 2.48 bits per heavy atom. The van der Waals surface area contributed by atoms with Crippen LogP contribution in [0.25, 0.3) is 0 Å². The summed E-state index contributed by atoms with van der Waals surface area (Å²) in [6, 6.07) is 0. The number of aryl methyl sites for hydroxylation is 2. The van der Waals surface area contributed by atoms with Crippen LogP contribution in [0.1, 0.15) is 36.6 Å². The first kappa shape index (κ1) is 17.7. The topological polar surface area (TPSA) is 77.0 Å². The Hall–Kier alpha value is -1.70. The molecule has 23 heavy (non-hydrogen) atoms. The molecule has 126 valence electrons. The Labute approximate surface area is 144 Å². The van der Waals surface area contributed by atoms with Crippen molar-refractivity contribution in [1.82, 2.24) is 25.0 Å². The zero-order valence-corrected chi connectivity index (χ0v) is 15.7. The molecule has 2 aromatic rings. The molecule has 0 saturated heterocycles. The minimum Gasteiger partial charge on any atom is -0.337 e. The number of nitrogens with zero attached hydrogens (tertiary/aromatic N) is 5. The van der Waals surface area contributed by atoms with Gasteiger partial charge >= 0.3 is 0 Å². The third-order valence-electron chi connectivity index (χ3n) is 3.94. The predicted molar refractivity (Wildman–Crippen MR) is 88.7 cm³/mol. The maximum absolute atomic E-state index is 12.7. The van der Waals surface area contributed by atoms with Crippen LogP contribution in [0.15, 0.2) is 9.10 Å². The number of hydrogen-bond acceptors (Lipinski definition) is 5. The Morgan fingerprint density at radius 1 is 1.30 bits per heavy atom. The minimum atomic E-state index is -0.181. The summed E-state index contributed by atoms with van der Waals surface area (Å²) in [5.41, 5.74) is 3.37. The Bertz CT molecular complexity index is 694. The second-order valence-electron chi connectivity index (χ2n) is 5.72. The van der Waals surface area contributed by atoms with E-state index in [1.165, 1.54) is 0 Å². The first-order chi connectivity index (χ1) is 10.8. The summed E-state index contributed by atoms with van der Waals surface area (Å²) in [6.07, 6.45) is 0. The standard InChI is InChI=1S/C15H22BrN5O2/c1-6-20(8-13-10(3)18-23-19-13)15(22)9(2)7-21-12(5)14(16)11(4)17-21/h9H,6-8H2,1-5H3/t9-/m0/s1. The van der Waals surface area contributed by atoms with Crippen molar-refractivity contribution < 1.29 is 9.42 Å². The summed E-state index contributed by atoms with van der Waals surface area (Å²) in [5, 5.41) is 12.1. The zero-order chi connectivity index (χ0) is 17.1. The Morgan fingerprint density at radius 2 is 2.00 bits per heavy atom. The normalized spacial score (nSPS) is 12.4. The van der Waals surface area contributed by atoms with Gasteiger partial charge in [-0.05, 0) is 43.6 Å². The van der Waals surface area contributed by atoms with E-state index < -0.39 is 0 Å². The van der Waals surface area contributed by atoms with E-state index in [-0.39, 0.29) is 11.8 Å². The summed E-state index contributed by atoms with van der Waals surface area (Å²) in [6.45, 7) is 11.2. The maximum atomic E-state index is 12.7. The van der Waals surface area contributed by atoms with Crippen molar-refractivity contribution in [3.8, 4) is 0 Å².